The van der Waals surface area contributed by atoms with Crippen molar-refractivity contribution in [2.24, 2.45) is 4.99 Å². The SMILES string of the molecule is COCCOCCCN=C(NCCC(=O)OC)Nc1ccc(OC(C)C)cc1. The van der Waals surface area contributed by atoms with Gasteiger partial charge in [-0.25, -0.2) is 0 Å². The van der Waals surface area contributed by atoms with E-state index < -0.39 is 0 Å². The lowest BCUT2D eigenvalue weighted by Crippen LogP contribution is -2.33. The fraction of sp³-hybridized carbons (Fsp3) is 0.600. The van der Waals surface area contributed by atoms with Crippen LogP contribution < -0.4 is 15.4 Å². The van der Waals surface area contributed by atoms with Crippen molar-refractivity contribution in [2.45, 2.75) is 32.8 Å². The molecule has 0 amide bonds. The number of hydrogen-bond acceptors (Lipinski definition) is 6. The zero-order valence-electron chi connectivity index (χ0n) is 17.3. The molecule has 0 aliphatic heterocycles. The second kappa shape index (κ2) is 14.7. The van der Waals surface area contributed by atoms with Crippen molar-refractivity contribution in [1.82, 2.24) is 5.32 Å². The van der Waals surface area contributed by atoms with Gasteiger partial charge >= 0.3 is 5.97 Å². The summed E-state index contributed by atoms with van der Waals surface area (Å²) >= 11 is 0. The highest BCUT2D eigenvalue weighted by Crippen LogP contribution is 2.16. The van der Waals surface area contributed by atoms with Crippen molar-refractivity contribution in [3.63, 3.8) is 0 Å². The number of anilines is 1. The molecule has 0 fully saturated rings. The van der Waals surface area contributed by atoms with E-state index in [9.17, 15) is 4.79 Å². The minimum Gasteiger partial charge on any atom is -0.491 e. The van der Waals surface area contributed by atoms with E-state index in [-0.39, 0.29) is 18.5 Å². The third-order valence-electron chi connectivity index (χ3n) is 3.49. The van der Waals surface area contributed by atoms with Gasteiger partial charge in [0.2, 0.25) is 0 Å². The summed E-state index contributed by atoms with van der Waals surface area (Å²) in [5.41, 5.74) is 0.872. The Balaban J connectivity index is 2.55. The minimum absolute atomic E-state index is 0.127. The number of carbonyl (C=O) groups excluding carboxylic acids is 1. The first kappa shape index (κ1) is 23.7. The van der Waals surface area contributed by atoms with Crippen molar-refractivity contribution < 1.29 is 23.7 Å². The molecule has 0 spiro atoms. The van der Waals surface area contributed by atoms with Gasteiger partial charge < -0.3 is 29.6 Å². The molecular weight excluding hydrogens is 362 g/mol. The Bertz CT molecular complexity index is 576. The van der Waals surface area contributed by atoms with Gasteiger partial charge in [-0.15, -0.1) is 0 Å². The number of rotatable bonds is 13. The molecule has 1 aromatic rings. The second-order valence-corrected chi connectivity index (χ2v) is 6.26. The minimum atomic E-state index is -0.270. The van der Waals surface area contributed by atoms with E-state index in [4.69, 9.17) is 14.2 Å². The topological polar surface area (TPSA) is 90.4 Å². The van der Waals surface area contributed by atoms with Crippen LogP contribution in [0.1, 0.15) is 26.7 Å². The molecule has 0 radical (unpaired) electrons. The summed E-state index contributed by atoms with van der Waals surface area (Å²) in [6.07, 6.45) is 1.18. The lowest BCUT2D eigenvalue weighted by atomic mass is 10.3. The van der Waals surface area contributed by atoms with E-state index >= 15 is 0 Å². The number of nitrogens with one attached hydrogen (secondary N) is 2. The Labute approximate surface area is 167 Å². The number of guanidine groups is 1. The molecule has 0 aliphatic carbocycles. The largest absolute Gasteiger partial charge is 0.491 e. The van der Waals surface area contributed by atoms with E-state index in [1.165, 1.54) is 7.11 Å². The summed E-state index contributed by atoms with van der Waals surface area (Å²) in [6, 6.07) is 7.64. The molecule has 28 heavy (non-hydrogen) atoms. The van der Waals surface area contributed by atoms with Gasteiger partial charge in [-0.05, 0) is 44.5 Å². The van der Waals surface area contributed by atoms with Gasteiger partial charge in [-0.1, -0.05) is 0 Å². The highest BCUT2D eigenvalue weighted by atomic mass is 16.5. The molecule has 1 rings (SSSR count). The lowest BCUT2D eigenvalue weighted by molar-refractivity contribution is -0.140. The fourth-order valence-corrected chi connectivity index (χ4v) is 2.15. The standard InChI is InChI=1S/C20H33N3O5/c1-16(2)28-18-8-6-17(7-9-18)23-20(22-12-10-19(24)26-4)21-11-5-13-27-15-14-25-3/h6-9,16H,5,10-15H2,1-4H3,(H2,21,22,23). The van der Waals surface area contributed by atoms with Crippen molar-refractivity contribution in [2.75, 3.05) is 52.4 Å². The third kappa shape index (κ3) is 11.4. The highest BCUT2D eigenvalue weighted by molar-refractivity contribution is 5.93. The highest BCUT2D eigenvalue weighted by Gasteiger charge is 2.04. The normalized spacial score (nSPS) is 11.4. The summed E-state index contributed by atoms with van der Waals surface area (Å²) in [5.74, 6) is 1.14. The molecule has 0 bridgehead atoms. The van der Waals surface area contributed by atoms with Crippen molar-refractivity contribution in [3.8, 4) is 5.75 Å². The summed E-state index contributed by atoms with van der Waals surface area (Å²) in [5, 5.41) is 6.37. The molecule has 0 aromatic heterocycles. The van der Waals surface area contributed by atoms with Crippen LogP contribution in [0.25, 0.3) is 0 Å². The number of hydrogen-bond donors (Lipinski definition) is 2. The van der Waals surface area contributed by atoms with E-state index in [0.717, 1.165) is 17.9 Å². The van der Waals surface area contributed by atoms with Crippen LogP contribution in [0.2, 0.25) is 0 Å². The number of aliphatic imine (C=N–C) groups is 1. The van der Waals surface area contributed by atoms with Gasteiger partial charge in [-0.3, -0.25) is 9.79 Å². The van der Waals surface area contributed by atoms with Gasteiger partial charge in [-0.2, -0.15) is 0 Å². The molecule has 0 unspecified atom stereocenters. The number of esters is 1. The van der Waals surface area contributed by atoms with Crippen LogP contribution in [-0.4, -0.2) is 65.2 Å². The average Bonchev–Trinajstić information content (AvgIpc) is 2.68. The molecule has 0 atom stereocenters. The Kier molecular flexibility index (Phi) is 12.5. The molecule has 2 N–H and O–H groups in total. The van der Waals surface area contributed by atoms with Crippen molar-refractivity contribution in [3.05, 3.63) is 24.3 Å². The molecule has 0 saturated carbocycles. The molecular formula is C20H33N3O5. The van der Waals surface area contributed by atoms with E-state index in [1.807, 2.05) is 38.1 Å². The number of ether oxygens (including phenoxy) is 4. The van der Waals surface area contributed by atoms with Gasteiger partial charge in [0, 0.05) is 32.5 Å². The average molecular weight is 396 g/mol. The molecule has 0 heterocycles. The maximum absolute atomic E-state index is 11.3. The Morgan fingerprint density at radius 3 is 2.50 bits per heavy atom. The van der Waals surface area contributed by atoms with Crippen LogP contribution in [0.3, 0.4) is 0 Å². The third-order valence-corrected chi connectivity index (χ3v) is 3.49. The zero-order chi connectivity index (χ0) is 20.6. The zero-order valence-corrected chi connectivity index (χ0v) is 17.3. The van der Waals surface area contributed by atoms with Crippen LogP contribution in [0, 0.1) is 0 Å². The lowest BCUT2D eigenvalue weighted by Gasteiger charge is -2.14. The molecule has 8 nitrogen and oxygen atoms in total. The van der Waals surface area contributed by atoms with Crippen LogP contribution in [0.4, 0.5) is 5.69 Å². The van der Waals surface area contributed by atoms with Crippen LogP contribution in [0.5, 0.6) is 5.75 Å². The number of benzene rings is 1. The Morgan fingerprint density at radius 2 is 1.86 bits per heavy atom. The molecule has 0 aliphatic rings. The van der Waals surface area contributed by atoms with E-state index in [2.05, 4.69) is 20.4 Å². The molecule has 0 saturated heterocycles. The predicted octanol–water partition coefficient (Wildman–Crippen LogP) is 2.45. The predicted molar refractivity (Wildman–Crippen MR) is 110 cm³/mol. The Hall–Kier alpha value is -2.32. The van der Waals surface area contributed by atoms with Gasteiger partial charge in [0.05, 0.1) is 32.8 Å². The van der Waals surface area contributed by atoms with Crippen LogP contribution in [-0.2, 0) is 19.0 Å². The smallest absolute Gasteiger partial charge is 0.307 e. The van der Waals surface area contributed by atoms with Crippen molar-refractivity contribution in [1.29, 1.82) is 0 Å². The molecule has 158 valence electrons. The molecule has 1 aromatic carbocycles. The first-order chi connectivity index (χ1) is 13.5. The summed E-state index contributed by atoms with van der Waals surface area (Å²) in [7, 11) is 3.02. The number of nitrogens with zero attached hydrogens (tertiary/aromatic N) is 1. The maximum Gasteiger partial charge on any atom is 0.307 e. The van der Waals surface area contributed by atoms with Gasteiger partial charge in [0.15, 0.2) is 5.96 Å². The number of methoxy groups -OCH3 is 2. The second-order valence-electron chi connectivity index (χ2n) is 6.26. The summed E-state index contributed by atoms with van der Waals surface area (Å²) in [6.45, 7) is 6.77. The Morgan fingerprint density at radius 1 is 1.11 bits per heavy atom. The number of carbonyl (C=O) groups is 1. The fourth-order valence-electron chi connectivity index (χ4n) is 2.15. The van der Waals surface area contributed by atoms with E-state index in [0.29, 0.717) is 38.9 Å². The first-order valence-electron chi connectivity index (χ1n) is 9.50. The van der Waals surface area contributed by atoms with Crippen LogP contribution in [0.15, 0.2) is 29.3 Å². The van der Waals surface area contributed by atoms with Gasteiger partial charge in [0.25, 0.3) is 0 Å². The monoisotopic (exact) mass is 395 g/mol. The van der Waals surface area contributed by atoms with Crippen LogP contribution >= 0.6 is 0 Å². The van der Waals surface area contributed by atoms with Crippen molar-refractivity contribution >= 4 is 17.6 Å². The maximum atomic E-state index is 11.3. The van der Waals surface area contributed by atoms with E-state index in [1.54, 1.807) is 7.11 Å². The summed E-state index contributed by atoms with van der Waals surface area (Å²) in [4.78, 5) is 15.8. The quantitative estimate of drug-likeness (QED) is 0.229. The first-order valence-corrected chi connectivity index (χ1v) is 9.50. The van der Waals surface area contributed by atoms with Gasteiger partial charge in [0.1, 0.15) is 5.75 Å². The summed E-state index contributed by atoms with van der Waals surface area (Å²) < 4.78 is 20.7. The molecule has 8 heteroatoms.